The molecule has 1 N–H and O–H groups in total. The first-order valence-corrected chi connectivity index (χ1v) is 7.15. The second-order valence-electron chi connectivity index (χ2n) is 4.60. The summed E-state index contributed by atoms with van der Waals surface area (Å²) in [7, 11) is 0. The third kappa shape index (κ3) is 5.09. The van der Waals surface area contributed by atoms with Gasteiger partial charge in [0.05, 0.1) is 12.2 Å². The van der Waals surface area contributed by atoms with Gasteiger partial charge in [-0.25, -0.2) is 4.98 Å². The molecule has 1 heterocycles. The average Bonchev–Trinajstić information content (AvgIpc) is 2.82. The highest BCUT2D eigenvalue weighted by atomic mass is 32.2. The van der Waals surface area contributed by atoms with E-state index in [1.54, 1.807) is 18.3 Å². The van der Waals surface area contributed by atoms with Crippen molar-refractivity contribution in [3.05, 3.63) is 47.7 Å². The van der Waals surface area contributed by atoms with Crippen molar-refractivity contribution in [2.24, 2.45) is 0 Å². The van der Waals surface area contributed by atoms with E-state index in [9.17, 15) is 13.2 Å². The first-order valence-electron chi connectivity index (χ1n) is 6.34. The number of aryl methyl sites for hydroxylation is 1. The molecule has 0 saturated heterocycles. The van der Waals surface area contributed by atoms with Crippen molar-refractivity contribution in [1.29, 1.82) is 0 Å². The van der Waals surface area contributed by atoms with Crippen LogP contribution in [0, 0.1) is 6.92 Å². The van der Waals surface area contributed by atoms with Gasteiger partial charge in [-0.15, -0.1) is 0 Å². The number of rotatable bonds is 5. The number of halogens is 3. The largest absolute Gasteiger partial charge is 0.446 e. The zero-order chi connectivity index (χ0) is 15.5. The maximum atomic E-state index is 12.2. The zero-order valence-corrected chi connectivity index (χ0v) is 12.4. The summed E-state index contributed by atoms with van der Waals surface area (Å²) in [4.78, 5) is 4.31. The van der Waals surface area contributed by atoms with E-state index in [1.165, 1.54) is 12.1 Å². The van der Waals surface area contributed by atoms with Crippen molar-refractivity contribution in [3.63, 3.8) is 0 Å². The molecule has 0 fully saturated rings. The molecular weight excluding hydrogens is 301 g/mol. The van der Waals surface area contributed by atoms with E-state index < -0.39 is 5.51 Å². The minimum atomic E-state index is -4.25. The van der Waals surface area contributed by atoms with E-state index in [0.29, 0.717) is 12.4 Å². The molecule has 21 heavy (non-hydrogen) atoms. The maximum absolute atomic E-state index is 12.2. The van der Waals surface area contributed by atoms with Crippen LogP contribution in [0.2, 0.25) is 0 Å². The van der Waals surface area contributed by atoms with Gasteiger partial charge in [-0.3, -0.25) is 0 Å². The monoisotopic (exact) mass is 316 g/mol. The second kappa shape index (κ2) is 6.53. The topological polar surface area (TPSA) is 38.1 Å². The molecular formula is C14H15F3N2OS. The van der Waals surface area contributed by atoms with Crippen molar-refractivity contribution in [2.75, 3.05) is 0 Å². The number of nitrogens with one attached hydrogen (secondary N) is 1. The lowest BCUT2D eigenvalue weighted by Crippen LogP contribution is -2.18. The molecule has 0 aliphatic carbocycles. The number of nitrogens with zero attached hydrogens (tertiary/aromatic N) is 1. The van der Waals surface area contributed by atoms with Crippen LogP contribution in [-0.2, 0) is 6.54 Å². The van der Waals surface area contributed by atoms with E-state index in [2.05, 4.69) is 10.3 Å². The minimum absolute atomic E-state index is 0.0667. The molecule has 114 valence electrons. The molecule has 0 saturated carbocycles. The Balaban J connectivity index is 1.89. The fraction of sp³-hybridized carbons (Fsp3) is 0.357. The molecule has 1 atom stereocenters. The van der Waals surface area contributed by atoms with Gasteiger partial charge in [0.1, 0.15) is 5.76 Å². The van der Waals surface area contributed by atoms with Crippen molar-refractivity contribution >= 4 is 11.8 Å². The van der Waals surface area contributed by atoms with Crippen LogP contribution in [0.15, 0.2) is 39.8 Å². The van der Waals surface area contributed by atoms with Crippen LogP contribution in [0.1, 0.15) is 30.2 Å². The van der Waals surface area contributed by atoms with Crippen LogP contribution in [0.5, 0.6) is 0 Å². The first kappa shape index (κ1) is 15.9. The van der Waals surface area contributed by atoms with Crippen LogP contribution in [0.25, 0.3) is 0 Å². The summed E-state index contributed by atoms with van der Waals surface area (Å²) in [6.45, 7) is 4.26. The Morgan fingerprint density at radius 1 is 1.29 bits per heavy atom. The van der Waals surface area contributed by atoms with E-state index in [4.69, 9.17) is 4.42 Å². The third-order valence-corrected chi connectivity index (χ3v) is 3.52. The molecule has 1 aromatic carbocycles. The Morgan fingerprint density at radius 3 is 2.48 bits per heavy atom. The second-order valence-corrected chi connectivity index (χ2v) is 5.74. The SMILES string of the molecule is Cc1cnc([C@H](C)NCc2ccc(SC(F)(F)F)cc2)o1. The molecule has 0 amide bonds. The number of oxazole rings is 1. The molecule has 0 bridgehead atoms. The lowest BCUT2D eigenvalue weighted by atomic mass is 10.2. The first-order chi connectivity index (χ1) is 9.83. The van der Waals surface area contributed by atoms with Crippen LogP contribution in [-0.4, -0.2) is 10.5 Å². The van der Waals surface area contributed by atoms with Crippen LogP contribution in [0.3, 0.4) is 0 Å². The van der Waals surface area contributed by atoms with Crippen molar-refractivity contribution < 1.29 is 17.6 Å². The fourth-order valence-electron chi connectivity index (χ4n) is 1.74. The number of hydrogen-bond acceptors (Lipinski definition) is 4. The molecule has 0 spiro atoms. The van der Waals surface area contributed by atoms with Crippen LogP contribution >= 0.6 is 11.8 Å². The van der Waals surface area contributed by atoms with E-state index in [-0.39, 0.29) is 22.7 Å². The fourth-order valence-corrected chi connectivity index (χ4v) is 2.28. The quantitative estimate of drug-likeness (QED) is 0.827. The highest BCUT2D eigenvalue weighted by Crippen LogP contribution is 2.36. The highest BCUT2D eigenvalue weighted by Gasteiger charge is 2.28. The smallest absolute Gasteiger partial charge is 0.444 e. The van der Waals surface area contributed by atoms with Gasteiger partial charge in [0, 0.05) is 11.4 Å². The number of benzene rings is 1. The summed E-state index contributed by atoms with van der Waals surface area (Å²) >= 11 is -0.112. The van der Waals surface area contributed by atoms with E-state index >= 15 is 0 Å². The molecule has 1 aromatic heterocycles. The number of hydrogen-bond donors (Lipinski definition) is 1. The number of aromatic nitrogens is 1. The van der Waals surface area contributed by atoms with Gasteiger partial charge < -0.3 is 9.73 Å². The molecule has 0 aliphatic heterocycles. The van der Waals surface area contributed by atoms with E-state index in [0.717, 1.165) is 11.3 Å². The summed E-state index contributed by atoms with van der Waals surface area (Å²) in [5.41, 5.74) is -3.35. The Bertz CT molecular complexity index is 581. The summed E-state index contributed by atoms with van der Waals surface area (Å²) < 4.78 is 42.1. The predicted molar refractivity (Wildman–Crippen MR) is 74.8 cm³/mol. The summed E-state index contributed by atoms with van der Waals surface area (Å²) in [6, 6.07) is 6.22. The lowest BCUT2D eigenvalue weighted by molar-refractivity contribution is -0.0328. The van der Waals surface area contributed by atoms with Gasteiger partial charge in [-0.2, -0.15) is 13.2 Å². The van der Waals surface area contributed by atoms with Crippen molar-refractivity contribution in [1.82, 2.24) is 10.3 Å². The Morgan fingerprint density at radius 2 is 1.95 bits per heavy atom. The Hall–Kier alpha value is -1.47. The van der Waals surface area contributed by atoms with E-state index in [1.807, 2.05) is 13.8 Å². The summed E-state index contributed by atoms with van der Waals surface area (Å²) in [5.74, 6) is 1.34. The minimum Gasteiger partial charge on any atom is -0.444 e. The van der Waals surface area contributed by atoms with Gasteiger partial charge in [0.15, 0.2) is 0 Å². The zero-order valence-electron chi connectivity index (χ0n) is 11.6. The Kier molecular flexibility index (Phi) is 4.95. The van der Waals surface area contributed by atoms with Gasteiger partial charge in [-0.05, 0) is 43.3 Å². The summed E-state index contributed by atoms with van der Waals surface area (Å²) in [5, 5.41) is 3.21. The molecule has 2 aromatic rings. The molecule has 2 rings (SSSR count). The van der Waals surface area contributed by atoms with Crippen molar-refractivity contribution in [3.8, 4) is 0 Å². The Labute approximate surface area is 124 Å². The maximum Gasteiger partial charge on any atom is 0.446 e. The highest BCUT2D eigenvalue weighted by molar-refractivity contribution is 8.00. The molecule has 3 nitrogen and oxygen atoms in total. The third-order valence-electron chi connectivity index (χ3n) is 2.78. The number of alkyl halides is 3. The number of thioether (sulfide) groups is 1. The lowest BCUT2D eigenvalue weighted by Gasteiger charge is -2.11. The normalized spacial score (nSPS) is 13.4. The molecule has 0 unspecified atom stereocenters. The predicted octanol–water partition coefficient (Wildman–Crippen LogP) is 4.45. The molecule has 0 radical (unpaired) electrons. The average molecular weight is 316 g/mol. The molecule has 0 aliphatic rings. The van der Waals surface area contributed by atoms with Gasteiger partial charge in [0.2, 0.25) is 5.89 Å². The standard InChI is InChI=1S/C14H15F3N2OS/c1-9-7-19-13(20-9)10(2)18-8-11-3-5-12(6-4-11)21-14(15,16)17/h3-7,10,18H,8H2,1-2H3/t10-/m0/s1. The molecule has 7 heteroatoms. The summed E-state index contributed by atoms with van der Waals surface area (Å²) in [6.07, 6.45) is 1.65. The van der Waals surface area contributed by atoms with Crippen LogP contribution < -0.4 is 5.32 Å². The van der Waals surface area contributed by atoms with Crippen LogP contribution in [0.4, 0.5) is 13.2 Å². The van der Waals surface area contributed by atoms with Crippen molar-refractivity contribution in [2.45, 2.75) is 36.8 Å². The van der Waals surface area contributed by atoms with Gasteiger partial charge in [0.25, 0.3) is 0 Å². The van der Waals surface area contributed by atoms with Gasteiger partial charge >= 0.3 is 5.51 Å². The van der Waals surface area contributed by atoms with Gasteiger partial charge in [-0.1, -0.05) is 12.1 Å².